The first-order valence-corrected chi connectivity index (χ1v) is 7.49. The molecule has 0 saturated heterocycles. The summed E-state index contributed by atoms with van der Waals surface area (Å²) in [5.41, 5.74) is 1.64. The molecule has 21 heavy (non-hydrogen) atoms. The predicted octanol–water partition coefficient (Wildman–Crippen LogP) is 1.58. The van der Waals surface area contributed by atoms with Crippen molar-refractivity contribution in [1.29, 1.82) is 0 Å². The Morgan fingerprint density at radius 1 is 1.24 bits per heavy atom. The van der Waals surface area contributed by atoms with Crippen LogP contribution >= 0.6 is 0 Å². The molecule has 0 spiro atoms. The van der Waals surface area contributed by atoms with E-state index in [1.807, 2.05) is 6.07 Å². The lowest BCUT2D eigenvalue weighted by Gasteiger charge is -2.10. The van der Waals surface area contributed by atoms with Crippen LogP contribution in [-0.2, 0) is 18.0 Å². The van der Waals surface area contributed by atoms with E-state index >= 15 is 0 Å². The maximum absolute atomic E-state index is 12.1. The highest BCUT2D eigenvalue weighted by Gasteiger charge is 2.10. The summed E-state index contributed by atoms with van der Waals surface area (Å²) >= 11 is 0. The molecule has 2 aromatic heterocycles. The number of hydrogen-bond donors (Lipinski definition) is 1. The zero-order valence-electron chi connectivity index (χ0n) is 11.3. The van der Waals surface area contributed by atoms with Gasteiger partial charge in [0.25, 0.3) is 5.56 Å². The topological polar surface area (TPSA) is 78.0 Å². The Morgan fingerprint density at radius 3 is 2.81 bits per heavy atom. The molecule has 6 heteroatoms. The first-order chi connectivity index (χ1) is 10.1. The van der Waals surface area contributed by atoms with Gasteiger partial charge in [0.2, 0.25) is 0 Å². The van der Waals surface area contributed by atoms with E-state index in [9.17, 15) is 9.00 Å². The molecule has 0 aliphatic rings. The normalized spacial score (nSPS) is 12.5. The van der Waals surface area contributed by atoms with Crippen molar-refractivity contribution in [2.75, 3.05) is 0 Å². The van der Waals surface area contributed by atoms with Gasteiger partial charge in [0, 0.05) is 31.2 Å². The van der Waals surface area contributed by atoms with Crippen molar-refractivity contribution < 1.29 is 4.21 Å². The summed E-state index contributed by atoms with van der Waals surface area (Å²) in [6, 6.07) is 8.99. The number of nitrogens with zero attached hydrogens (tertiary/aromatic N) is 2. The zero-order valence-corrected chi connectivity index (χ0v) is 12.1. The van der Waals surface area contributed by atoms with Gasteiger partial charge in [-0.05, 0) is 29.1 Å². The van der Waals surface area contributed by atoms with Crippen LogP contribution in [0.15, 0.2) is 58.6 Å². The predicted molar refractivity (Wildman–Crippen MR) is 83.0 cm³/mol. The Bertz CT molecular complexity index is 918. The average molecular weight is 299 g/mol. The molecular weight excluding hydrogens is 286 g/mol. The SMILES string of the molecule is Cn1cc(-c2cccc(S(N)=O)c2)c2ccncc2c1=O. The van der Waals surface area contributed by atoms with Gasteiger partial charge >= 0.3 is 0 Å². The molecule has 1 aromatic carbocycles. The van der Waals surface area contributed by atoms with Crippen molar-refractivity contribution in [2.45, 2.75) is 4.90 Å². The number of pyridine rings is 2. The molecule has 3 aromatic rings. The lowest BCUT2D eigenvalue weighted by Crippen LogP contribution is -2.16. The van der Waals surface area contributed by atoms with Gasteiger partial charge in [-0.1, -0.05) is 12.1 Å². The minimum absolute atomic E-state index is 0.0968. The largest absolute Gasteiger partial charge is 0.317 e. The van der Waals surface area contributed by atoms with Crippen LogP contribution in [-0.4, -0.2) is 13.8 Å². The maximum Gasteiger partial charge on any atom is 0.259 e. The van der Waals surface area contributed by atoms with Gasteiger partial charge in [0.05, 0.1) is 10.3 Å². The van der Waals surface area contributed by atoms with Crippen molar-refractivity contribution in [3.05, 3.63) is 59.3 Å². The minimum Gasteiger partial charge on any atom is -0.317 e. The molecule has 5 nitrogen and oxygen atoms in total. The molecule has 0 bridgehead atoms. The van der Waals surface area contributed by atoms with Crippen LogP contribution in [0.5, 0.6) is 0 Å². The van der Waals surface area contributed by atoms with Crippen molar-refractivity contribution in [2.24, 2.45) is 12.2 Å². The summed E-state index contributed by atoms with van der Waals surface area (Å²) < 4.78 is 13.0. The quantitative estimate of drug-likeness (QED) is 0.780. The van der Waals surface area contributed by atoms with Crippen molar-refractivity contribution in [1.82, 2.24) is 9.55 Å². The van der Waals surface area contributed by atoms with E-state index in [0.717, 1.165) is 16.5 Å². The number of benzene rings is 1. The van der Waals surface area contributed by atoms with Gasteiger partial charge in [0.15, 0.2) is 0 Å². The number of fused-ring (bicyclic) bond motifs is 1. The summed E-state index contributed by atoms with van der Waals surface area (Å²) in [5.74, 6) is 0. The molecule has 0 amide bonds. The molecule has 2 heterocycles. The Hall–Kier alpha value is -2.31. The highest BCUT2D eigenvalue weighted by molar-refractivity contribution is 7.82. The van der Waals surface area contributed by atoms with Crippen molar-refractivity contribution >= 4 is 21.8 Å². The van der Waals surface area contributed by atoms with E-state index in [4.69, 9.17) is 5.14 Å². The van der Waals surface area contributed by atoms with E-state index < -0.39 is 11.0 Å². The summed E-state index contributed by atoms with van der Waals surface area (Å²) in [7, 11) is 0.160. The Morgan fingerprint density at radius 2 is 2.05 bits per heavy atom. The molecule has 0 aliphatic carbocycles. The minimum atomic E-state index is -1.54. The summed E-state index contributed by atoms with van der Waals surface area (Å²) in [6.45, 7) is 0. The van der Waals surface area contributed by atoms with Gasteiger partial charge in [-0.25, -0.2) is 9.35 Å². The van der Waals surface area contributed by atoms with E-state index in [1.165, 1.54) is 4.57 Å². The molecule has 0 saturated carbocycles. The average Bonchev–Trinajstić information content (AvgIpc) is 2.51. The van der Waals surface area contributed by atoms with E-state index in [1.54, 1.807) is 49.9 Å². The van der Waals surface area contributed by atoms with Crippen LogP contribution in [0.2, 0.25) is 0 Å². The zero-order chi connectivity index (χ0) is 15.0. The van der Waals surface area contributed by atoms with Gasteiger partial charge < -0.3 is 4.57 Å². The monoisotopic (exact) mass is 299 g/mol. The standard InChI is InChI=1S/C15H13N3O2S/c1-18-9-14(10-3-2-4-11(7-10)21(16)20)12-5-6-17-8-13(12)15(18)19/h2-9H,16H2,1H3. The molecule has 0 radical (unpaired) electrons. The maximum atomic E-state index is 12.1. The first-order valence-electron chi connectivity index (χ1n) is 6.28. The molecule has 106 valence electrons. The van der Waals surface area contributed by atoms with Crippen molar-refractivity contribution in [3.63, 3.8) is 0 Å². The van der Waals surface area contributed by atoms with Crippen LogP contribution in [0.1, 0.15) is 0 Å². The third-order valence-corrected chi connectivity index (χ3v) is 4.08. The molecule has 0 fully saturated rings. The van der Waals surface area contributed by atoms with Gasteiger partial charge in [0.1, 0.15) is 11.0 Å². The summed E-state index contributed by atoms with van der Waals surface area (Å²) in [4.78, 5) is 16.7. The second-order valence-electron chi connectivity index (χ2n) is 4.71. The van der Waals surface area contributed by atoms with Crippen LogP contribution in [0.3, 0.4) is 0 Å². The molecule has 3 rings (SSSR count). The van der Waals surface area contributed by atoms with Crippen LogP contribution in [0, 0.1) is 0 Å². The first kappa shape index (κ1) is 13.7. The number of aromatic nitrogens is 2. The van der Waals surface area contributed by atoms with E-state index in [0.29, 0.717) is 10.3 Å². The smallest absolute Gasteiger partial charge is 0.259 e. The van der Waals surface area contributed by atoms with Crippen LogP contribution in [0.4, 0.5) is 0 Å². The lowest BCUT2D eigenvalue weighted by molar-refractivity contribution is 0.684. The molecule has 0 aliphatic heterocycles. The van der Waals surface area contributed by atoms with Crippen LogP contribution < -0.4 is 10.7 Å². The third kappa shape index (κ3) is 2.39. The fraction of sp³-hybridized carbons (Fsp3) is 0.0667. The molecule has 2 N–H and O–H groups in total. The third-order valence-electron chi connectivity index (χ3n) is 3.36. The highest BCUT2D eigenvalue weighted by Crippen LogP contribution is 2.27. The second-order valence-corrected chi connectivity index (χ2v) is 5.77. The van der Waals surface area contributed by atoms with Gasteiger partial charge in [-0.15, -0.1) is 0 Å². The molecule has 1 atom stereocenters. The fourth-order valence-electron chi connectivity index (χ4n) is 2.33. The second kappa shape index (κ2) is 5.23. The number of aryl methyl sites for hydroxylation is 1. The Balaban J connectivity index is 2.35. The van der Waals surface area contributed by atoms with Gasteiger partial charge in [-0.2, -0.15) is 0 Å². The Labute approximate surface area is 123 Å². The lowest BCUT2D eigenvalue weighted by atomic mass is 10.0. The van der Waals surface area contributed by atoms with E-state index in [2.05, 4.69) is 4.98 Å². The molecular formula is C15H13N3O2S. The summed E-state index contributed by atoms with van der Waals surface area (Å²) in [5, 5.41) is 6.80. The summed E-state index contributed by atoms with van der Waals surface area (Å²) in [6.07, 6.45) is 4.98. The van der Waals surface area contributed by atoms with Gasteiger partial charge in [-0.3, -0.25) is 9.78 Å². The number of hydrogen-bond acceptors (Lipinski definition) is 3. The Kier molecular flexibility index (Phi) is 3.40. The fourth-order valence-corrected chi connectivity index (χ4v) is 2.79. The highest BCUT2D eigenvalue weighted by atomic mass is 32.2. The van der Waals surface area contributed by atoms with Crippen molar-refractivity contribution in [3.8, 4) is 11.1 Å². The van der Waals surface area contributed by atoms with Crippen LogP contribution in [0.25, 0.3) is 21.9 Å². The van der Waals surface area contributed by atoms with E-state index in [-0.39, 0.29) is 5.56 Å². The molecule has 1 unspecified atom stereocenters. The number of rotatable bonds is 2. The number of nitrogens with two attached hydrogens (primary N) is 1.